The van der Waals surface area contributed by atoms with Crippen molar-refractivity contribution in [3.8, 4) is 0 Å². The fourth-order valence-corrected chi connectivity index (χ4v) is 2.21. The summed E-state index contributed by atoms with van der Waals surface area (Å²) in [6.45, 7) is 0. The van der Waals surface area contributed by atoms with E-state index < -0.39 is 0 Å². The summed E-state index contributed by atoms with van der Waals surface area (Å²) in [7, 11) is 0. The van der Waals surface area contributed by atoms with Crippen LogP contribution >= 0.6 is 22.6 Å². The molecule has 0 aromatic carbocycles. The zero-order chi connectivity index (χ0) is 8.84. The van der Waals surface area contributed by atoms with Crippen LogP contribution in [0.3, 0.4) is 0 Å². The normalized spacial score (nSPS) is 16.7. The Hall–Kier alpha value is -0.650. The lowest BCUT2D eigenvalue weighted by molar-refractivity contribution is 1.02. The Morgan fingerprint density at radius 1 is 1.46 bits per heavy atom. The van der Waals surface area contributed by atoms with Gasteiger partial charge in [0.15, 0.2) is 5.65 Å². The Kier molecular flexibility index (Phi) is 1.59. The molecule has 0 bridgehead atoms. The van der Waals surface area contributed by atoms with Gasteiger partial charge in [0.2, 0.25) is 0 Å². The zero-order valence-corrected chi connectivity index (χ0v) is 9.08. The van der Waals surface area contributed by atoms with Crippen LogP contribution in [0.1, 0.15) is 24.5 Å². The first-order valence-electron chi connectivity index (χ1n) is 4.34. The highest BCUT2D eigenvalue weighted by Gasteiger charge is 2.25. The van der Waals surface area contributed by atoms with Gasteiger partial charge in [0.05, 0.1) is 11.6 Å². The maximum atomic E-state index is 4.54. The van der Waals surface area contributed by atoms with E-state index in [1.807, 2.05) is 6.20 Å². The molecule has 4 heteroatoms. The summed E-state index contributed by atoms with van der Waals surface area (Å²) >= 11 is 2.34. The molecule has 0 unspecified atom stereocenters. The van der Waals surface area contributed by atoms with Crippen molar-refractivity contribution in [3.63, 3.8) is 0 Å². The minimum Gasteiger partial charge on any atom is -0.261 e. The summed E-state index contributed by atoms with van der Waals surface area (Å²) in [4.78, 5) is 4.54. The van der Waals surface area contributed by atoms with Crippen molar-refractivity contribution in [2.75, 3.05) is 0 Å². The summed E-state index contributed by atoms with van der Waals surface area (Å²) < 4.78 is 1.25. The van der Waals surface area contributed by atoms with E-state index in [1.165, 1.54) is 22.1 Å². The molecule has 3 nitrogen and oxygen atoms in total. The molecule has 3 rings (SSSR count). The number of hydrogen-bond donors (Lipinski definition) is 1. The van der Waals surface area contributed by atoms with Crippen LogP contribution in [0.25, 0.3) is 11.0 Å². The van der Waals surface area contributed by atoms with Gasteiger partial charge in [-0.05, 0) is 41.5 Å². The number of fused-ring (bicyclic) bond motifs is 1. The summed E-state index contributed by atoms with van der Waals surface area (Å²) in [5, 5.41) is 8.04. The third-order valence-electron chi connectivity index (χ3n) is 2.39. The molecule has 0 atom stereocenters. The molecule has 0 aliphatic heterocycles. The fourth-order valence-electron chi connectivity index (χ4n) is 1.50. The number of aromatic amines is 1. The summed E-state index contributed by atoms with van der Waals surface area (Å²) in [5.41, 5.74) is 2.15. The maximum absolute atomic E-state index is 4.54. The molecule has 1 N–H and O–H groups in total. The Labute approximate surface area is 89.1 Å². The van der Waals surface area contributed by atoms with E-state index in [0.717, 1.165) is 11.0 Å². The van der Waals surface area contributed by atoms with Gasteiger partial charge in [-0.1, -0.05) is 0 Å². The van der Waals surface area contributed by atoms with Gasteiger partial charge in [-0.2, -0.15) is 5.10 Å². The topological polar surface area (TPSA) is 41.6 Å². The van der Waals surface area contributed by atoms with E-state index in [1.54, 1.807) is 0 Å². The maximum Gasteiger partial charge on any atom is 0.156 e. The molecule has 13 heavy (non-hydrogen) atoms. The van der Waals surface area contributed by atoms with Crippen molar-refractivity contribution in [1.29, 1.82) is 0 Å². The molecule has 0 spiro atoms. The Bertz CT molecular complexity index is 459. The predicted molar refractivity (Wildman–Crippen MR) is 58.6 cm³/mol. The second-order valence-electron chi connectivity index (χ2n) is 3.44. The smallest absolute Gasteiger partial charge is 0.156 e. The van der Waals surface area contributed by atoms with E-state index in [2.05, 4.69) is 43.8 Å². The number of pyridine rings is 1. The first-order valence-corrected chi connectivity index (χ1v) is 5.42. The number of aromatic nitrogens is 3. The highest BCUT2D eigenvalue weighted by Crippen LogP contribution is 2.40. The second-order valence-corrected chi connectivity index (χ2v) is 4.60. The predicted octanol–water partition coefficient (Wildman–Crippen LogP) is 2.44. The number of rotatable bonds is 1. The molecule has 0 radical (unpaired) electrons. The van der Waals surface area contributed by atoms with Gasteiger partial charge in [0.25, 0.3) is 0 Å². The third-order valence-corrected chi connectivity index (χ3v) is 3.28. The zero-order valence-electron chi connectivity index (χ0n) is 6.92. The first kappa shape index (κ1) is 7.73. The average Bonchev–Trinajstić information content (AvgIpc) is 2.85. The number of H-pyrrole nitrogens is 1. The van der Waals surface area contributed by atoms with Gasteiger partial charge < -0.3 is 0 Å². The van der Waals surface area contributed by atoms with Crippen molar-refractivity contribution < 1.29 is 0 Å². The van der Waals surface area contributed by atoms with Crippen LogP contribution in [0, 0.1) is 3.57 Å². The first-order chi connectivity index (χ1) is 6.34. The Balaban J connectivity index is 2.27. The minimum absolute atomic E-state index is 0.709. The van der Waals surface area contributed by atoms with Crippen molar-refractivity contribution in [2.24, 2.45) is 0 Å². The van der Waals surface area contributed by atoms with Gasteiger partial charge in [-0.15, -0.1) is 0 Å². The van der Waals surface area contributed by atoms with Crippen molar-refractivity contribution in [2.45, 2.75) is 18.8 Å². The molecule has 2 aromatic heterocycles. The van der Waals surface area contributed by atoms with E-state index in [-0.39, 0.29) is 0 Å². The quantitative estimate of drug-likeness (QED) is 0.818. The number of nitrogens with one attached hydrogen (secondary N) is 1. The fraction of sp³-hybridized carbons (Fsp3) is 0.333. The molecule has 1 aliphatic carbocycles. The lowest BCUT2D eigenvalue weighted by Crippen LogP contribution is -1.89. The van der Waals surface area contributed by atoms with Crippen LogP contribution in [0.2, 0.25) is 0 Å². The van der Waals surface area contributed by atoms with E-state index in [9.17, 15) is 0 Å². The van der Waals surface area contributed by atoms with E-state index in [4.69, 9.17) is 0 Å². The molecule has 2 heterocycles. The van der Waals surface area contributed by atoms with Crippen molar-refractivity contribution in [3.05, 3.63) is 21.5 Å². The summed E-state index contributed by atoms with van der Waals surface area (Å²) in [5.74, 6) is 0.709. The van der Waals surface area contributed by atoms with Gasteiger partial charge in [0, 0.05) is 15.2 Å². The molecule has 0 saturated heterocycles. The molecule has 66 valence electrons. The van der Waals surface area contributed by atoms with Crippen LogP contribution < -0.4 is 0 Å². The van der Waals surface area contributed by atoms with Crippen LogP contribution in [-0.4, -0.2) is 15.2 Å². The van der Waals surface area contributed by atoms with E-state index in [0.29, 0.717) is 5.92 Å². The summed E-state index contributed by atoms with van der Waals surface area (Å²) in [6.07, 6.45) is 4.42. The van der Waals surface area contributed by atoms with Gasteiger partial charge in [-0.25, -0.2) is 4.98 Å². The van der Waals surface area contributed by atoms with Gasteiger partial charge in [0.1, 0.15) is 0 Å². The van der Waals surface area contributed by atoms with Crippen molar-refractivity contribution >= 4 is 33.6 Å². The largest absolute Gasteiger partial charge is 0.261 e. The molecular formula is C9H8IN3. The highest BCUT2D eigenvalue weighted by molar-refractivity contribution is 14.1. The molecule has 2 aromatic rings. The monoisotopic (exact) mass is 285 g/mol. The lowest BCUT2D eigenvalue weighted by Gasteiger charge is -1.98. The molecule has 1 saturated carbocycles. The molecule has 1 fully saturated rings. The summed E-state index contributed by atoms with van der Waals surface area (Å²) in [6, 6.07) is 2.18. The minimum atomic E-state index is 0.709. The Morgan fingerprint density at radius 3 is 3.08 bits per heavy atom. The standard InChI is InChI=1S/C9H8IN3/c10-7-3-8(5-1-2-5)12-9-6(7)4-11-13-9/h3-5H,1-2H2,(H,11,12,13). The van der Waals surface area contributed by atoms with Crippen LogP contribution in [0.4, 0.5) is 0 Å². The van der Waals surface area contributed by atoms with Crippen LogP contribution in [0.5, 0.6) is 0 Å². The average molecular weight is 285 g/mol. The third kappa shape index (κ3) is 1.23. The number of halogens is 1. The highest BCUT2D eigenvalue weighted by atomic mass is 127. The van der Waals surface area contributed by atoms with Gasteiger partial charge >= 0.3 is 0 Å². The lowest BCUT2D eigenvalue weighted by atomic mass is 10.2. The number of hydrogen-bond acceptors (Lipinski definition) is 2. The molecule has 0 amide bonds. The van der Waals surface area contributed by atoms with Crippen LogP contribution in [-0.2, 0) is 0 Å². The van der Waals surface area contributed by atoms with Gasteiger partial charge in [-0.3, -0.25) is 5.10 Å². The second kappa shape index (κ2) is 2.67. The SMILES string of the molecule is Ic1cc(C2CC2)nc2[nH]ncc12. The molecule has 1 aliphatic rings. The van der Waals surface area contributed by atoms with Crippen molar-refractivity contribution in [1.82, 2.24) is 15.2 Å². The van der Waals surface area contributed by atoms with E-state index >= 15 is 0 Å². The molecular weight excluding hydrogens is 277 g/mol. The number of nitrogens with zero attached hydrogens (tertiary/aromatic N) is 2. The Morgan fingerprint density at radius 2 is 2.31 bits per heavy atom. The van der Waals surface area contributed by atoms with Crippen LogP contribution in [0.15, 0.2) is 12.3 Å².